The topological polar surface area (TPSA) is 62.2 Å². The maximum absolute atomic E-state index is 11.6. The molecule has 3 aromatic rings. The van der Waals surface area contributed by atoms with E-state index in [2.05, 4.69) is 23.3 Å². The first-order valence-electron chi connectivity index (χ1n) is 8.00. The predicted octanol–water partition coefficient (Wildman–Crippen LogP) is 4.69. The average Bonchev–Trinajstić information content (AvgIpc) is 2.56. The van der Waals surface area contributed by atoms with Crippen LogP contribution in [0.25, 0.3) is 21.8 Å². The van der Waals surface area contributed by atoms with Crippen molar-refractivity contribution in [2.24, 2.45) is 0 Å². The first kappa shape index (κ1) is 15.3. The van der Waals surface area contributed by atoms with Crippen LogP contribution in [0.1, 0.15) is 36.5 Å². The highest BCUT2D eigenvalue weighted by molar-refractivity contribution is 6.02. The van der Waals surface area contributed by atoms with Gasteiger partial charge in [0.2, 0.25) is 0 Å². The minimum Gasteiger partial charge on any atom is -0.478 e. The van der Waals surface area contributed by atoms with Crippen molar-refractivity contribution < 1.29 is 9.90 Å². The van der Waals surface area contributed by atoms with Crippen molar-refractivity contribution in [3.05, 3.63) is 48.0 Å². The van der Waals surface area contributed by atoms with Crippen LogP contribution in [-0.4, -0.2) is 22.6 Å². The van der Waals surface area contributed by atoms with Crippen LogP contribution < -0.4 is 5.32 Å². The Bertz CT molecular complexity index is 858. The Labute approximate surface area is 135 Å². The Balaban J connectivity index is 2.04. The van der Waals surface area contributed by atoms with Gasteiger partial charge in [-0.05, 0) is 30.7 Å². The first-order chi connectivity index (χ1) is 11.2. The largest absolute Gasteiger partial charge is 0.478 e. The number of rotatable bonds is 6. The summed E-state index contributed by atoms with van der Waals surface area (Å²) in [7, 11) is 0. The van der Waals surface area contributed by atoms with Gasteiger partial charge in [-0.2, -0.15) is 0 Å². The van der Waals surface area contributed by atoms with Crippen LogP contribution in [0.2, 0.25) is 0 Å². The van der Waals surface area contributed by atoms with Gasteiger partial charge < -0.3 is 10.4 Å². The summed E-state index contributed by atoms with van der Waals surface area (Å²) in [6.07, 6.45) is 3.31. The lowest BCUT2D eigenvalue weighted by atomic mass is 10.1. The van der Waals surface area contributed by atoms with E-state index in [1.807, 2.05) is 30.3 Å². The number of fused-ring (bicyclic) bond motifs is 2. The monoisotopic (exact) mass is 308 g/mol. The summed E-state index contributed by atoms with van der Waals surface area (Å²) >= 11 is 0. The number of aromatic carboxylic acids is 1. The zero-order valence-corrected chi connectivity index (χ0v) is 13.2. The molecule has 1 aromatic heterocycles. The molecule has 2 aromatic carbocycles. The van der Waals surface area contributed by atoms with Gasteiger partial charge in [0.1, 0.15) is 0 Å². The SMILES string of the molecule is CCCCCNc1cc2cc3ccccc3nc2cc1C(=O)O. The van der Waals surface area contributed by atoms with Crippen molar-refractivity contribution in [1.29, 1.82) is 0 Å². The summed E-state index contributed by atoms with van der Waals surface area (Å²) in [5.74, 6) is -0.931. The van der Waals surface area contributed by atoms with Gasteiger partial charge in [-0.15, -0.1) is 0 Å². The average molecular weight is 308 g/mol. The van der Waals surface area contributed by atoms with E-state index < -0.39 is 5.97 Å². The van der Waals surface area contributed by atoms with Crippen molar-refractivity contribution in [3.63, 3.8) is 0 Å². The second kappa shape index (κ2) is 6.65. The Morgan fingerprint density at radius 1 is 1.09 bits per heavy atom. The summed E-state index contributed by atoms with van der Waals surface area (Å²) in [4.78, 5) is 16.1. The molecule has 2 N–H and O–H groups in total. The second-order valence-electron chi connectivity index (χ2n) is 5.71. The fourth-order valence-corrected chi connectivity index (χ4v) is 2.75. The summed E-state index contributed by atoms with van der Waals surface area (Å²) < 4.78 is 0. The minimum absolute atomic E-state index is 0.275. The number of nitrogens with one attached hydrogen (secondary N) is 1. The molecule has 0 aliphatic heterocycles. The quantitative estimate of drug-likeness (QED) is 0.512. The molecule has 1 heterocycles. The third-order valence-electron chi connectivity index (χ3n) is 3.98. The van der Waals surface area contributed by atoms with Crippen molar-refractivity contribution in [1.82, 2.24) is 4.98 Å². The van der Waals surface area contributed by atoms with Gasteiger partial charge in [0.15, 0.2) is 0 Å². The highest BCUT2D eigenvalue weighted by Crippen LogP contribution is 2.26. The van der Waals surface area contributed by atoms with Gasteiger partial charge >= 0.3 is 5.97 Å². The molecule has 0 saturated heterocycles. The molecule has 0 radical (unpaired) electrons. The number of hydrogen-bond acceptors (Lipinski definition) is 3. The molecule has 0 bridgehead atoms. The van der Waals surface area contributed by atoms with Gasteiger partial charge in [0, 0.05) is 23.0 Å². The Morgan fingerprint density at radius 3 is 2.70 bits per heavy atom. The van der Waals surface area contributed by atoms with E-state index in [-0.39, 0.29) is 5.56 Å². The molecule has 118 valence electrons. The lowest BCUT2D eigenvalue weighted by molar-refractivity contribution is 0.0698. The number of carboxylic acid groups (broad SMARTS) is 1. The van der Waals surface area contributed by atoms with Crippen LogP contribution in [-0.2, 0) is 0 Å². The van der Waals surface area contributed by atoms with Crippen LogP contribution >= 0.6 is 0 Å². The van der Waals surface area contributed by atoms with E-state index >= 15 is 0 Å². The highest BCUT2D eigenvalue weighted by atomic mass is 16.4. The molecular formula is C19H20N2O2. The standard InChI is InChI=1S/C19H20N2O2/c1-2-3-6-9-20-18-11-14-10-13-7-4-5-8-16(13)21-17(14)12-15(18)19(22)23/h4-5,7-8,10-12,20H,2-3,6,9H2,1H3,(H,22,23). The molecule has 3 rings (SSSR count). The number of para-hydroxylation sites is 1. The van der Waals surface area contributed by atoms with Gasteiger partial charge in [0.05, 0.1) is 16.6 Å². The second-order valence-corrected chi connectivity index (χ2v) is 5.71. The third kappa shape index (κ3) is 3.26. The lowest BCUT2D eigenvalue weighted by Gasteiger charge is -2.11. The van der Waals surface area contributed by atoms with Gasteiger partial charge in [-0.3, -0.25) is 0 Å². The Hall–Kier alpha value is -2.62. The number of benzene rings is 2. The molecule has 0 spiro atoms. The number of carboxylic acids is 1. The van der Waals surface area contributed by atoms with Gasteiger partial charge in [0.25, 0.3) is 0 Å². The smallest absolute Gasteiger partial charge is 0.337 e. The molecular weight excluding hydrogens is 288 g/mol. The number of nitrogens with zero attached hydrogens (tertiary/aromatic N) is 1. The zero-order valence-electron chi connectivity index (χ0n) is 13.2. The molecule has 0 atom stereocenters. The minimum atomic E-state index is -0.931. The summed E-state index contributed by atoms with van der Waals surface area (Å²) in [6.45, 7) is 2.93. The fraction of sp³-hybridized carbons (Fsp3) is 0.263. The van der Waals surface area contributed by atoms with Crippen molar-refractivity contribution in [2.45, 2.75) is 26.2 Å². The van der Waals surface area contributed by atoms with Crippen molar-refractivity contribution in [2.75, 3.05) is 11.9 Å². The van der Waals surface area contributed by atoms with Gasteiger partial charge in [-0.1, -0.05) is 38.0 Å². The molecule has 4 nitrogen and oxygen atoms in total. The molecule has 0 amide bonds. The summed E-state index contributed by atoms with van der Waals surface area (Å²) in [5, 5.41) is 14.7. The van der Waals surface area contributed by atoms with E-state index in [9.17, 15) is 9.90 Å². The molecule has 0 fully saturated rings. The van der Waals surface area contributed by atoms with Crippen LogP contribution in [0.4, 0.5) is 5.69 Å². The number of unbranched alkanes of at least 4 members (excludes halogenated alkanes) is 2. The lowest BCUT2D eigenvalue weighted by Crippen LogP contribution is -2.08. The zero-order chi connectivity index (χ0) is 16.2. The van der Waals surface area contributed by atoms with Crippen molar-refractivity contribution in [3.8, 4) is 0 Å². The third-order valence-corrected chi connectivity index (χ3v) is 3.98. The summed E-state index contributed by atoms with van der Waals surface area (Å²) in [6, 6.07) is 13.5. The number of hydrogen-bond donors (Lipinski definition) is 2. The fourth-order valence-electron chi connectivity index (χ4n) is 2.75. The number of anilines is 1. The number of carbonyl (C=O) groups is 1. The molecule has 4 heteroatoms. The normalized spacial score (nSPS) is 11.0. The van der Waals surface area contributed by atoms with E-state index in [1.54, 1.807) is 6.07 Å². The Kier molecular flexibility index (Phi) is 4.42. The van der Waals surface area contributed by atoms with Crippen LogP contribution in [0, 0.1) is 0 Å². The molecule has 0 aliphatic carbocycles. The molecule has 23 heavy (non-hydrogen) atoms. The van der Waals surface area contributed by atoms with E-state index in [1.165, 1.54) is 0 Å². The molecule has 0 aliphatic rings. The maximum Gasteiger partial charge on any atom is 0.337 e. The first-order valence-corrected chi connectivity index (χ1v) is 8.00. The predicted molar refractivity (Wildman–Crippen MR) is 94.2 cm³/mol. The van der Waals surface area contributed by atoms with Crippen LogP contribution in [0.15, 0.2) is 42.5 Å². The maximum atomic E-state index is 11.6. The number of aromatic nitrogens is 1. The summed E-state index contributed by atoms with van der Waals surface area (Å²) in [5.41, 5.74) is 2.52. The van der Waals surface area contributed by atoms with Crippen molar-refractivity contribution >= 4 is 33.5 Å². The van der Waals surface area contributed by atoms with E-state index in [0.29, 0.717) is 11.2 Å². The Morgan fingerprint density at radius 2 is 1.91 bits per heavy atom. The van der Waals surface area contributed by atoms with Crippen LogP contribution in [0.3, 0.4) is 0 Å². The molecule has 0 saturated carbocycles. The van der Waals surface area contributed by atoms with E-state index in [4.69, 9.17) is 0 Å². The van der Waals surface area contributed by atoms with Crippen LogP contribution in [0.5, 0.6) is 0 Å². The highest BCUT2D eigenvalue weighted by Gasteiger charge is 2.12. The van der Waals surface area contributed by atoms with E-state index in [0.717, 1.165) is 42.1 Å². The molecule has 0 unspecified atom stereocenters. The number of pyridine rings is 1. The van der Waals surface area contributed by atoms with Gasteiger partial charge in [-0.25, -0.2) is 9.78 Å².